The molecule has 0 spiro atoms. The second-order valence-corrected chi connectivity index (χ2v) is 15.3. The van der Waals surface area contributed by atoms with E-state index in [2.05, 4.69) is 54.5 Å². The lowest BCUT2D eigenvalue weighted by Crippen LogP contribution is -2.60. The van der Waals surface area contributed by atoms with Crippen molar-refractivity contribution in [1.29, 1.82) is 0 Å². The maximum Gasteiger partial charge on any atom is 0.397 e. The number of esters is 1. The van der Waals surface area contributed by atoms with Gasteiger partial charge in [0.1, 0.15) is 30.5 Å². The van der Waals surface area contributed by atoms with Crippen LogP contribution in [0.25, 0.3) is 0 Å². The lowest BCUT2D eigenvalue weighted by Gasteiger charge is -2.41. The monoisotopic (exact) mass is 790 g/mol. The third-order valence-electron chi connectivity index (χ3n) is 9.28. The molecule has 1 saturated heterocycles. The summed E-state index contributed by atoms with van der Waals surface area (Å²) in [5.74, 6) is -0.417. The molecule has 4 N–H and O–H groups in total. The van der Waals surface area contributed by atoms with Crippen LogP contribution in [0.15, 0.2) is 36.5 Å². The zero-order chi connectivity index (χ0) is 39.7. The number of unbranched alkanes of at least 4 members (excludes halogenated alkanes) is 16. The van der Waals surface area contributed by atoms with Gasteiger partial charge < -0.3 is 34.3 Å². The predicted molar refractivity (Wildman–Crippen MR) is 211 cm³/mol. The van der Waals surface area contributed by atoms with E-state index in [1.165, 1.54) is 57.8 Å². The highest BCUT2D eigenvalue weighted by atomic mass is 32.3. The summed E-state index contributed by atoms with van der Waals surface area (Å²) in [6.45, 7) is 3.84. The summed E-state index contributed by atoms with van der Waals surface area (Å²) in [7, 11) is -5.06. The minimum Gasteiger partial charge on any atom is -0.457 e. The molecule has 0 aromatic rings. The molecule has 0 aromatic heterocycles. The Balaban J connectivity index is 2.49. The first-order valence-electron chi connectivity index (χ1n) is 20.7. The van der Waals surface area contributed by atoms with Gasteiger partial charge in [0.2, 0.25) is 0 Å². The van der Waals surface area contributed by atoms with E-state index in [1.807, 2.05) is 0 Å². The number of carbonyl (C=O) groups is 1. The van der Waals surface area contributed by atoms with Crippen molar-refractivity contribution < 1.29 is 56.2 Å². The van der Waals surface area contributed by atoms with Gasteiger partial charge in [0.15, 0.2) is 6.29 Å². The number of ether oxygens (including phenoxy) is 4. The topological polar surface area (TPSA) is 178 Å². The van der Waals surface area contributed by atoms with E-state index in [0.717, 1.165) is 70.6 Å². The van der Waals surface area contributed by atoms with Crippen LogP contribution < -0.4 is 0 Å². The zero-order valence-electron chi connectivity index (χ0n) is 33.3. The van der Waals surface area contributed by atoms with Crippen LogP contribution in [0.5, 0.6) is 0 Å². The third kappa shape index (κ3) is 27.0. The molecule has 54 heavy (non-hydrogen) atoms. The highest BCUT2D eigenvalue weighted by Gasteiger charge is 2.48. The lowest BCUT2D eigenvalue weighted by atomic mass is 9.99. The smallest absolute Gasteiger partial charge is 0.397 e. The molecule has 316 valence electrons. The molecule has 13 heteroatoms. The van der Waals surface area contributed by atoms with E-state index in [4.69, 9.17) is 23.5 Å². The fourth-order valence-corrected chi connectivity index (χ4v) is 6.66. The molecule has 1 fully saturated rings. The van der Waals surface area contributed by atoms with Gasteiger partial charge in [-0.15, -0.1) is 0 Å². The average molecular weight is 791 g/mol. The summed E-state index contributed by atoms with van der Waals surface area (Å²) < 4.78 is 58.9. The molecule has 6 unspecified atom stereocenters. The minimum absolute atomic E-state index is 0.0306. The Hall–Kier alpha value is -1.68. The van der Waals surface area contributed by atoms with Gasteiger partial charge in [-0.1, -0.05) is 140 Å². The fourth-order valence-electron chi connectivity index (χ4n) is 6.16. The molecule has 1 rings (SSSR count). The van der Waals surface area contributed by atoms with Gasteiger partial charge in [0, 0.05) is 13.0 Å². The Morgan fingerprint density at radius 1 is 0.722 bits per heavy atom. The molecule has 0 aromatic carbocycles. The van der Waals surface area contributed by atoms with Crippen molar-refractivity contribution in [2.24, 2.45) is 0 Å². The highest BCUT2D eigenvalue weighted by Crippen LogP contribution is 2.26. The number of hydrogen-bond donors (Lipinski definition) is 4. The number of carbonyl (C=O) groups excluding carboxylic acids is 1. The summed E-state index contributed by atoms with van der Waals surface area (Å²) in [5.41, 5.74) is 0. The number of aliphatic hydroxyl groups is 3. The van der Waals surface area contributed by atoms with Crippen LogP contribution in [-0.2, 0) is 38.3 Å². The fraction of sp³-hybridized carbons (Fsp3) is 0.829. The molecule has 0 aliphatic carbocycles. The van der Waals surface area contributed by atoms with Crippen molar-refractivity contribution in [3.63, 3.8) is 0 Å². The van der Waals surface area contributed by atoms with Gasteiger partial charge in [-0.3, -0.25) is 9.35 Å². The average Bonchev–Trinajstić information content (AvgIpc) is 3.14. The van der Waals surface area contributed by atoms with E-state index in [0.29, 0.717) is 13.0 Å². The van der Waals surface area contributed by atoms with Gasteiger partial charge in [-0.05, 0) is 44.9 Å². The van der Waals surface area contributed by atoms with Crippen LogP contribution in [0.2, 0.25) is 0 Å². The predicted octanol–water partition coefficient (Wildman–Crippen LogP) is 7.85. The molecule has 0 saturated carbocycles. The van der Waals surface area contributed by atoms with Crippen molar-refractivity contribution in [2.45, 2.75) is 192 Å². The number of hydrogen-bond acceptors (Lipinski definition) is 11. The van der Waals surface area contributed by atoms with Gasteiger partial charge in [0.25, 0.3) is 0 Å². The van der Waals surface area contributed by atoms with Crippen LogP contribution in [0, 0.1) is 0 Å². The van der Waals surface area contributed by atoms with Gasteiger partial charge in [0.05, 0.1) is 19.8 Å². The zero-order valence-corrected chi connectivity index (χ0v) is 34.1. The van der Waals surface area contributed by atoms with Gasteiger partial charge in [-0.25, -0.2) is 4.18 Å². The van der Waals surface area contributed by atoms with E-state index in [-0.39, 0.29) is 19.6 Å². The van der Waals surface area contributed by atoms with Gasteiger partial charge >= 0.3 is 16.4 Å². The van der Waals surface area contributed by atoms with E-state index >= 15 is 0 Å². The van der Waals surface area contributed by atoms with Crippen molar-refractivity contribution in [1.82, 2.24) is 0 Å². The molecule has 0 radical (unpaired) electrons. The molecule has 1 heterocycles. The Morgan fingerprint density at radius 2 is 1.28 bits per heavy atom. The first-order chi connectivity index (χ1) is 26.1. The first-order valence-corrected chi connectivity index (χ1v) is 22.1. The Kier molecular flexibility index (Phi) is 31.2. The second kappa shape index (κ2) is 33.5. The maximum atomic E-state index is 12.8. The SMILES string of the molecule is CC/C=C\C/C=C\C/C=C\CCCCCCCC(=O)OC(COCCCCCCCCCCCCCC)COC1OC(CO)C(O)C(OS(=O)(=O)O)C1O. The van der Waals surface area contributed by atoms with Gasteiger partial charge in [-0.2, -0.15) is 8.42 Å². The number of rotatable bonds is 35. The van der Waals surface area contributed by atoms with Crippen LogP contribution in [0.1, 0.15) is 155 Å². The van der Waals surface area contributed by atoms with E-state index in [9.17, 15) is 28.5 Å². The molecule has 6 atom stereocenters. The summed E-state index contributed by atoms with van der Waals surface area (Å²) >= 11 is 0. The summed E-state index contributed by atoms with van der Waals surface area (Å²) in [5, 5.41) is 30.6. The van der Waals surface area contributed by atoms with Crippen molar-refractivity contribution >= 4 is 16.4 Å². The molecular formula is C41H74O12S. The van der Waals surface area contributed by atoms with Crippen LogP contribution >= 0.6 is 0 Å². The number of allylic oxidation sites excluding steroid dienone is 6. The molecular weight excluding hydrogens is 717 g/mol. The number of aliphatic hydroxyl groups excluding tert-OH is 3. The van der Waals surface area contributed by atoms with Crippen molar-refractivity contribution in [2.75, 3.05) is 26.4 Å². The molecule has 12 nitrogen and oxygen atoms in total. The standard InChI is InChI=1S/C41H74O12S/c1-3-5-7-9-11-13-15-17-18-19-20-22-24-26-28-30-37(43)51-35(33-49-31-29-27-25-23-21-16-14-12-10-8-6-4-2)34-50-41-39(45)40(53-54(46,47)48)38(44)36(32-42)52-41/h5,7,11,13,17-18,35-36,38-42,44-45H,3-4,6,8-10,12,14-16,19-34H2,1-2H3,(H,46,47,48)/b7-5-,13-11-,18-17-. The Morgan fingerprint density at radius 3 is 1.87 bits per heavy atom. The highest BCUT2D eigenvalue weighted by molar-refractivity contribution is 7.80. The lowest BCUT2D eigenvalue weighted by molar-refractivity contribution is -0.301. The molecule has 0 bridgehead atoms. The van der Waals surface area contributed by atoms with Crippen LogP contribution in [0.3, 0.4) is 0 Å². The normalized spacial score (nSPS) is 21.5. The molecule has 1 aliphatic rings. The van der Waals surface area contributed by atoms with Crippen LogP contribution in [0.4, 0.5) is 0 Å². The Bertz CT molecular complexity index is 1100. The molecule has 1 aliphatic heterocycles. The minimum atomic E-state index is -5.06. The quantitative estimate of drug-likeness (QED) is 0.0212. The third-order valence-corrected chi connectivity index (χ3v) is 9.74. The molecule has 0 amide bonds. The van der Waals surface area contributed by atoms with Crippen molar-refractivity contribution in [3.05, 3.63) is 36.5 Å². The van der Waals surface area contributed by atoms with E-state index < -0.39 is 59.8 Å². The van der Waals surface area contributed by atoms with Crippen molar-refractivity contribution in [3.8, 4) is 0 Å². The largest absolute Gasteiger partial charge is 0.457 e. The van der Waals surface area contributed by atoms with Crippen LogP contribution in [-0.4, -0.2) is 97.5 Å². The second-order valence-electron chi connectivity index (χ2n) is 14.2. The maximum absolute atomic E-state index is 12.8. The first kappa shape index (κ1) is 50.3. The van der Waals surface area contributed by atoms with E-state index in [1.54, 1.807) is 0 Å². The summed E-state index contributed by atoms with van der Waals surface area (Å²) in [6, 6.07) is 0. The summed E-state index contributed by atoms with van der Waals surface area (Å²) in [6.07, 6.45) is 27.5. The summed E-state index contributed by atoms with van der Waals surface area (Å²) in [4.78, 5) is 12.8. The Labute approximate surface area is 326 Å².